The molecule has 0 spiro atoms. The second-order valence-corrected chi connectivity index (χ2v) is 8.50. The highest BCUT2D eigenvalue weighted by Gasteiger charge is 2.17. The van der Waals surface area contributed by atoms with Crippen LogP contribution in [0.3, 0.4) is 0 Å². The van der Waals surface area contributed by atoms with E-state index in [2.05, 4.69) is 20.8 Å². The molecule has 0 aliphatic heterocycles. The quantitative estimate of drug-likeness (QED) is 0.418. The van der Waals surface area contributed by atoms with E-state index in [-0.39, 0.29) is 24.0 Å². The summed E-state index contributed by atoms with van der Waals surface area (Å²) in [6.07, 6.45) is 0.0270. The lowest BCUT2D eigenvalue weighted by atomic mass is 10.3. The molecule has 2 N–H and O–H groups in total. The maximum atomic E-state index is 12.4. The Morgan fingerprint density at radius 2 is 1.68 bits per heavy atom. The van der Waals surface area contributed by atoms with Crippen molar-refractivity contribution in [3.63, 3.8) is 0 Å². The summed E-state index contributed by atoms with van der Waals surface area (Å²) in [5.74, 6) is 0.0820. The first-order valence-corrected chi connectivity index (χ1v) is 11.3. The van der Waals surface area contributed by atoms with Crippen LogP contribution >= 0.6 is 46.6 Å². The first-order chi connectivity index (χ1) is 14.9. The van der Waals surface area contributed by atoms with Gasteiger partial charge in [0.15, 0.2) is 5.16 Å². The Hall–Kier alpha value is -2.26. The monoisotopic (exact) mass is 497 g/mol. The number of anilines is 2. The minimum absolute atomic E-state index is 0.0270. The number of nitrogens with zero attached hydrogens (tertiary/aromatic N) is 3. The second-order valence-electron chi connectivity index (χ2n) is 6.31. The highest BCUT2D eigenvalue weighted by Crippen LogP contribution is 2.26. The number of hydrogen-bond donors (Lipinski definition) is 2. The second kappa shape index (κ2) is 10.9. The molecule has 0 unspecified atom stereocenters. The van der Waals surface area contributed by atoms with Gasteiger partial charge in [0, 0.05) is 11.6 Å². The maximum absolute atomic E-state index is 12.4. The third-order valence-electron chi connectivity index (χ3n) is 4.11. The van der Waals surface area contributed by atoms with E-state index in [4.69, 9.17) is 34.8 Å². The zero-order chi connectivity index (χ0) is 22.4. The number of carbonyl (C=O) groups is 2. The first-order valence-electron chi connectivity index (χ1n) is 9.21. The van der Waals surface area contributed by atoms with Crippen molar-refractivity contribution >= 4 is 69.8 Å². The summed E-state index contributed by atoms with van der Waals surface area (Å²) >= 11 is 19.2. The van der Waals surface area contributed by atoms with Gasteiger partial charge >= 0.3 is 0 Å². The van der Waals surface area contributed by atoms with E-state index in [0.29, 0.717) is 44.0 Å². The normalized spacial score (nSPS) is 10.7. The van der Waals surface area contributed by atoms with Gasteiger partial charge in [0.1, 0.15) is 5.82 Å². The van der Waals surface area contributed by atoms with Gasteiger partial charge in [0.05, 0.1) is 33.6 Å². The van der Waals surface area contributed by atoms with Gasteiger partial charge in [-0.1, -0.05) is 58.7 Å². The molecule has 0 bridgehead atoms. The van der Waals surface area contributed by atoms with Crippen molar-refractivity contribution in [1.29, 1.82) is 0 Å². The first kappa shape index (κ1) is 23.4. The van der Waals surface area contributed by atoms with E-state index in [9.17, 15) is 9.59 Å². The van der Waals surface area contributed by atoms with Crippen LogP contribution in [0.15, 0.2) is 47.6 Å². The molecule has 7 nitrogen and oxygen atoms in total. The third-order valence-corrected chi connectivity index (χ3v) is 5.96. The van der Waals surface area contributed by atoms with Gasteiger partial charge in [0.25, 0.3) is 0 Å². The highest BCUT2D eigenvalue weighted by molar-refractivity contribution is 7.99. The predicted octanol–water partition coefficient (Wildman–Crippen LogP) is 5.17. The van der Waals surface area contributed by atoms with Crippen LogP contribution in [0.1, 0.15) is 12.7 Å². The van der Waals surface area contributed by atoms with Gasteiger partial charge < -0.3 is 15.2 Å². The molecule has 0 saturated heterocycles. The molecular weight excluding hydrogens is 481 g/mol. The molecule has 0 aliphatic carbocycles. The van der Waals surface area contributed by atoms with Gasteiger partial charge in [-0.2, -0.15) is 0 Å². The van der Waals surface area contributed by atoms with E-state index in [1.165, 1.54) is 11.8 Å². The van der Waals surface area contributed by atoms with Crippen molar-refractivity contribution in [1.82, 2.24) is 14.8 Å². The molecular formula is C20H18Cl3N5O2S. The van der Waals surface area contributed by atoms with E-state index < -0.39 is 0 Å². The summed E-state index contributed by atoms with van der Waals surface area (Å²) in [5.41, 5.74) is 1.01. The number of carbonyl (C=O) groups excluding carboxylic acids is 2. The Bertz CT molecular complexity index is 1110. The van der Waals surface area contributed by atoms with Crippen LogP contribution in [0.25, 0.3) is 0 Å². The molecule has 3 aromatic rings. The van der Waals surface area contributed by atoms with Gasteiger partial charge in [-0.05, 0) is 37.3 Å². The lowest BCUT2D eigenvalue weighted by molar-refractivity contribution is -0.116. The fourth-order valence-corrected chi connectivity index (χ4v) is 4.14. The van der Waals surface area contributed by atoms with Crippen LogP contribution in [-0.2, 0) is 22.6 Å². The molecule has 162 valence electrons. The zero-order valence-electron chi connectivity index (χ0n) is 16.4. The standard InChI is InChI=1S/C20H18Cl3N5O2S/c1-2-28-17(10-18(29)24-15-6-4-3-5-13(15)22)26-27-20(28)31-11-19(30)25-16-8-7-12(21)9-14(16)23/h3-9H,2,10-11H2,1H3,(H,24,29)(H,25,30). The van der Waals surface area contributed by atoms with Crippen LogP contribution in [0, 0.1) is 0 Å². The van der Waals surface area contributed by atoms with E-state index in [1.807, 2.05) is 6.92 Å². The van der Waals surface area contributed by atoms with E-state index in [1.54, 1.807) is 47.0 Å². The summed E-state index contributed by atoms with van der Waals surface area (Å²) in [5, 5.41) is 15.6. The van der Waals surface area contributed by atoms with Crippen LogP contribution in [0.5, 0.6) is 0 Å². The Morgan fingerprint density at radius 1 is 0.968 bits per heavy atom. The minimum Gasteiger partial charge on any atom is -0.324 e. The number of rotatable bonds is 8. The van der Waals surface area contributed by atoms with Crippen LogP contribution in [-0.4, -0.2) is 32.3 Å². The van der Waals surface area contributed by atoms with Gasteiger partial charge in [-0.25, -0.2) is 0 Å². The average molecular weight is 499 g/mol. The predicted molar refractivity (Wildman–Crippen MR) is 125 cm³/mol. The number of aromatic nitrogens is 3. The number of thioether (sulfide) groups is 1. The fraction of sp³-hybridized carbons (Fsp3) is 0.200. The molecule has 0 aliphatic rings. The van der Waals surface area contributed by atoms with Crippen LogP contribution in [0.2, 0.25) is 15.1 Å². The molecule has 0 radical (unpaired) electrons. The number of nitrogens with one attached hydrogen (secondary N) is 2. The highest BCUT2D eigenvalue weighted by atomic mass is 35.5. The number of benzene rings is 2. The smallest absolute Gasteiger partial charge is 0.234 e. The summed E-state index contributed by atoms with van der Waals surface area (Å²) < 4.78 is 1.79. The van der Waals surface area contributed by atoms with Crippen molar-refractivity contribution in [3.05, 3.63) is 63.4 Å². The summed E-state index contributed by atoms with van der Waals surface area (Å²) in [7, 11) is 0. The SMILES string of the molecule is CCn1c(CC(=O)Nc2ccccc2Cl)nnc1SCC(=O)Nc1ccc(Cl)cc1Cl. The largest absolute Gasteiger partial charge is 0.324 e. The summed E-state index contributed by atoms with van der Waals surface area (Å²) in [6.45, 7) is 2.46. The molecule has 2 amide bonds. The molecule has 0 saturated carbocycles. The minimum atomic E-state index is -0.262. The third kappa shape index (κ3) is 6.36. The van der Waals surface area contributed by atoms with Crippen molar-refractivity contribution in [2.75, 3.05) is 16.4 Å². The molecule has 1 heterocycles. The summed E-state index contributed by atoms with van der Waals surface area (Å²) in [4.78, 5) is 24.7. The molecule has 11 heteroatoms. The number of halogens is 3. The fourth-order valence-electron chi connectivity index (χ4n) is 2.68. The van der Waals surface area contributed by atoms with Gasteiger partial charge in [-0.3, -0.25) is 9.59 Å². The Labute approximate surface area is 198 Å². The Morgan fingerprint density at radius 3 is 2.39 bits per heavy atom. The Balaban J connectivity index is 1.59. The lowest BCUT2D eigenvalue weighted by Gasteiger charge is -2.09. The lowest BCUT2D eigenvalue weighted by Crippen LogP contribution is -2.18. The Kier molecular flexibility index (Phi) is 8.20. The molecule has 0 fully saturated rings. The summed E-state index contributed by atoms with van der Waals surface area (Å²) in [6, 6.07) is 11.8. The van der Waals surface area contributed by atoms with E-state index >= 15 is 0 Å². The van der Waals surface area contributed by atoms with Gasteiger partial charge in [-0.15, -0.1) is 10.2 Å². The number of hydrogen-bond acceptors (Lipinski definition) is 5. The van der Waals surface area contributed by atoms with Crippen molar-refractivity contribution in [2.45, 2.75) is 25.0 Å². The topological polar surface area (TPSA) is 88.9 Å². The average Bonchev–Trinajstić information content (AvgIpc) is 3.11. The molecule has 1 aromatic heterocycles. The van der Waals surface area contributed by atoms with Crippen molar-refractivity contribution in [3.8, 4) is 0 Å². The molecule has 3 rings (SSSR count). The van der Waals surface area contributed by atoms with Gasteiger partial charge in [0.2, 0.25) is 11.8 Å². The van der Waals surface area contributed by atoms with E-state index in [0.717, 1.165) is 0 Å². The maximum Gasteiger partial charge on any atom is 0.234 e. The number of para-hydroxylation sites is 1. The van der Waals surface area contributed by atoms with Crippen molar-refractivity contribution in [2.24, 2.45) is 0 Å². The zero-order valence-corrected chi connectivity index (χ0v) is 19.4. The van der Waals surface area contributed by atoms with Crippen LogP contribution < -0.4 is 10.6 Å². The molecule has 31 heavy (non-hydrogen) atoms. The van der Waals surface area contributed by atoms with Crippen LogP contribution in [0.4, 0.5) is 11.4 Å². The van der Waals surface area contributed by atoms with Crippen molar-refractivity contribution < 1.29 is 9.59 Å². The number of amides is 2. The molecule has 2 aromatic carbocycles. The molecule has 0 atom stereocenters.